The maximum absolute atomic E-state index is 11.1. The van der Waals surface area contributed by atoms with E-state index in [2.05, 4.69) is 12.2 Å². The molecule has 2 rings (SSSR count). The van der Waals surface area contributed by atoms with Crippen molar-refractivity contribution in [2.45, 2.75) is 38.3 Å². The van der Waals surface area contributed by atoms with E-state index in [9.17, 15) is 4.79 Å². The average molecular weight is 169 g/mol. The monoisotopic (exact) mass is 169 g/mol. The van der Waals surface area contributed by atoms with Gasteiger partial charge in [-0.15, -0.1) is 0 Å². The molecule has 1 amide bonds. The number of rotatable bonds is 1. The zero-order valence-corrected chi connectivity index (χ0v) is 7.38. The molecule has 3 nitrogen and oxygen atoms in total. The minimum Gasteiger partial charge on any atom is -0.378 e. The van der Waals surface area contributed by atoms with Crippen LogP contribution >= 0.6 is 0 Å². The number of nitrogens with one attached hydrogen (secondary N) is 1. The van der Waals surface area contributed by atoms with Crippen LogP contribution in [0.5, 0.6) is 0 Å². The molecular weight excluding hydrogens is 154 g/mol. The Morgan fingerprint density at radius 3 is 2.92 bits per heavy atom. The molecule has 2 aliphatic rings. The first kappa shape index (κ1) is 8.05. The van der Waals surface area contributed by atoms with Crippen LogP contribution in [0.1, 0.15) is 26.2 Å². The highest BCUT2D eigenvalue weighted by atomic mass is 16.5. The van der Waals surface area contributed by atoms with Crippen molar-refractivity contribution in [3.63, 3.8) is 0 Å². The van der Waals surface area contributed by atoms with E-state index in [4.69, 9.17) is 4.74 Å². The summed E-state index contributed by atoms with van der Waals surface area (Å²) in [5.41, 5.74) is 0. The van der Waals surface area contributed by atoms with Crippen molar-refractivity contribution in [1.82, 2.24) is 5.32 Å². The van der Waals surface area contributed by atoms with Crippen molar-refractivity contribution < 1.29 is 9.53 Å². The van der Waals surface area contributed by atoms with Gasteiger partial charge in [-0.25, -0.2) is 0 Å². The molecule has 0 spiro atoms. The standard InChI is InChI=1S/C9H15NO2/c1-6-7(5-9(11)10-6)8-3-2-4-12-8/h6-8H,2-5H2,1H3,(H,10,11). The van der Waals surface area contributed by atoms with Crippen molar-refractivity contribution in [3.8, 4) is 0 Å². The van der Waals surface area contributed by atoms with Crippen LogP contribution in [0, 0.1) is 5.92 Å². The summed E-state index contributed by atoms with van der Waals surface area (Å²) >= 11 is 0. The molecule has 2 heterocycles. The van der Waals surface area contributed by atoms with Crippen LogP contribution < -0.4 is 5.32 Å². The highest BCUT2D eigenvalue weighted by molar-refractivity contribution is 5.79. The van der Waals surface area contributed by atoms with Gasteiger partial charge in [0.05, 0.1) is 6.10 Å². The molecular formula is C9H15NO2. The number of carbonyl (C=O) groups is 1. The lowest BCUT2D eigenvalue weighted by Crippen LogP contribution is -2.31. The fourth-order valence-corrected chi connectivity index (χ4v) is 2.20. The predicted octanol–water partition coefficient (Wildman–Crippen LogP) is 0.690. The first-order valence-corrected chi connectivity index (χ1v) is 4.68. The first-order valence-electron chi connectivity index (χ1n) is 4.68. The van der Waals surface area contributed by atoms with Crippen LogP contribution in [0.15, 0.2) is 0 Å². The Labute approximate surface area is 72.5 Å². The van der Waals surface area contributed by atoms with Crippen molar-refractivity contribution in [3.05, 3.63) is 0 Å². The van der Waals surface area contributed by atoms with Gasteiger partial charge in [0.2, 0.25) is 5.91 Å². The van der Waals surface area contributed by atoms with Gasteiger partial charge in [0, 0.05) is 25.0 Å². The van der Waals surface area contributed by atoms with Gasteiger partial charge in [-0.05, 0) is 19.8 Å². The van der Waals surface area contributed by atoms with Crippen LogP contribution in [0.2, 0.25) is 0 Å². The zero-order chi connectivity index (χ0) is 8.55. The van der Waals surface area contributed by atoms with Crippen LogP contribution in [-0.4, -0.2) is 24.7 Å². The molecule has 0 aromatic rings. The Hall–Kier alpha value is -0.570. The topological polar surface area (TPSA) is 38.3 Å². The largest absolute Gasteiger partial charge is 0.378 e. The molecule has 12 heavy (non-hydrogen) atoms. The van der Waals surface area contributed by atoms with Crippen molar-refractivity contribution in [1.29, 1.82) is 0 Å². The third kappa shape index (κ3) is 1.33. The molecule has 0 saturated carbocycles. The number of ether oxygens (including phenoxy) is 1. The highest BCUT2D eigenvalue weighted by Gasteiger charge is 2.36. The van der Waals surface area contributed by atoms with Crippen LogP contribution in [-0.2, 0) is 9.53 Å². The summed E-state index contributed by atoms with van der Waals surface area (Å²) in [5, 5.41) is 2.92. The maximum atomic E-state index is 11.1. The smallest absolute Gasteiger partial charge is 0.220 e. The van der Waals surface area contributed by atoms with E-state index in [0.29, 0.717) is 24.5 Å². The lowest BCUT2D eigenvalue weighted by atomic mass is 9.93. The van der Waals surface area contributed by atoms with Crippen LogP contribution in [0.4, 0.5) is 0 Å². The second kappa shape index (κ2) is 3.05. The Morgan fingerprint density at radius 1 is 1.58 bits per heavy atom. The Balaban J connectivity index is 1.98. The van der Waals surface area contributed by atoms with E-state index in [1.165, 1.54) is 0 Å². The highest BCUT2D eigenvalue weighted by Crippen LogP contribution is 2.28. The molecule has 3 heteroatoms. The van der Waals surface area contributed by atoms with Gasteiger partial charge in [0.15, 0.2) is 0 Å². The van der Waals surface area contributed by atoms with Crippen LogP contribution in [0.25, 0.3) is 0 Å². The van der Waals surface area contributed by atoms with Gasteiger partial charge in [-0.2, -0.15) is 0 Å². The lowest BCUT2D eigenvalue weighted by Gasteiger charge is -2.20. The second-order valence-corrected chi connectivity index (χ2v) is 3.78. The summed E-state index contributed by atoms with van der Waals surface area (Å²) in [7, 11) is 0. The summed E-state index contributed by atoms with van der Waals surface area (Å²) in [5.74, 6) is 0.600. The van der Waals surface area contributed by atoms with Crippen molar-refractivity contribution in [2.75, 3.05) is 6.61 Å². The minimum absolute atomic E-state index is 0.183. The predicted molar refractivity (Wildman–Crippen MR) is 44.7 cm³/mol. The molecule has 2 saturated heterocycles. The van der Waals surface area contributed by atoms with Gasteiger partial charge >= 0.3 is 0 Å². The molecule has 2 aliphatic heterocycles. The van der Waals surface area contributed by atoms with Gasteiger partial charge in [-0.1, -0.05) is 0 Å². The van der Waals surface area contributed by atoms with E-state index in [0.717, 1.165) is 19.4 Å². The van der Waals surface area contributed by atoms with Crippen molar-refractivity contribution in [2.24, 2.45) is 5.92 Å². The molecule has 0 aromatic heterocycles. The molecule has 0 aromatic carbocycles. The summed E-state index contributed by atoms with van der Waals surface area (Å²) < 4.78 is 5.56. The second-order valence-electron chi connectivity index (χ2n) is 3.78. The fourth-order valence-electron chi connectivity index (χ4n) is 2.20. The molecule has 0 aliphatic carbocycles. The first-order chi connectivity index (χ1) is 5.77. The molecule has 0 bridgehead atoms. The van der Waals surface area contributed by atoms with Gasteiger partial charge in [-0.3, -0.25) is 4.79 Å². The number of hydrogen-bond donors (Lipinski definition) is 1. The van der Waals surface area contributed by atoms with E-state index < -0.39 is 0 Å². The van der Waals surface area contributed by atoms with Crippen molar-refractivity contribution >= 4 is 5.91 Å². The van der Waals surface area contributed by atoms with E-state index in [-0.39, 0.29) is 5.91 Å². The SMILES string of the molecule is CC1NC(=O)CC1C1CCCO1. The quantitative estimate of drug-likeness (QED) is 0.627. The molecule has 0 radical (unpaired) electrons. The number of hydrogen-bond acceptors (Lipinski definition) is 2. The average Bonchev–Trinajstić information content (AvgIpc) is 2.58. The Bertz CT molecular complexity index is 187. The van der Waals surface area contributed by atoms with E-state index in [1.807, 2.05) is 0 Å². The summed E-state index contributed by atoms with van der Waals surface area (Å²) in [6.07, 6.45) is 3.27. The maximum Gasteiger partial charge on any atom is 0.220 e. The van der Waals surface area contributed by atoms with Gasteiger partial charge in [0.1, 0.15) is 0 Å². The molecule has 68 valence electrons. The van der Waals surface area contributed by atoms with Gasteiger partial charge in [0.25, 0.3) is 0 Å². The van der Waals surface area contributed by atoms with Crippen LogP contribution in [0.3, 0.4) is 0 Å². The lowest BCUT2D eigenvalue weighted by molar-refractivity contribution is -0.119. The number of carbonyl (C=O) groups excluding carboxylic acids is 1. The Morgan fingerprint density at radius 2 is 2.42 bits per heavy atom. The zero-order valence-electron chi connectivity index (χ0n) is 7.38. The summed E-state index contributed by atoms with van der Waals surface area (Å²) in [4.78, 5) is 11.1. The number of amides is 1. The normalized spacial score (nSPS) is 41.8. The van der Waals surface area contributed by atoms with E-state index in [1.54, 1.807) is 0 Å². The summed E-state index contributed by atoms with van der Waals surface area (Å²) in [6, 6.07) is 0.306. The molecule has 2 fully saturated rings. The molecule has 3 atom stereocenters. The summed E-state index contributed by atoms with van der Waals surface area (Å²) in [6.45, 7) is 2.94. The minimum atomic E-state index is 0.183. The fraction of sp³-hybridized carbons (Fsp3) is 0.889. The molecule has 3 unspecified atom stereocenters. The van der Waals surface area contributed by atoms with Gasteiger partial charge < -0.3 is 10.1 Å². The van der Waals surface area contributed by atoms with E-state index >= 15 is 0 Å². The Kier molecular flexibility index (Phi) is 2.05. The third-order valence-corrected chi connectivity index (χ3v) is 2.89. The third-order valence-electron chi connectivity index (χ3n) is 2.89. The molecule has 1 N–H and O–H groups in total.